The van der Waals surface area contributed by atoms with Gasteiger partial charge in [0.1, 0.15) is 0 Å². The van der Waals surface area contributed by atoms with Crippen LogP contribution < -0.4 is 5.32 Å². The zero-order chi connectivity index (χ0) is 12.0. The zero-order valence-corrected chi connectivity index (χ0v) is 11.5. The van der Waals surface area contributed by atoms with E-state index in [4.69, 9.17) is 4.74 Å². The highest BCUT2D eigenvalue weighted by molar-refractivity contribution is 4.90. The fraction of sp³-hybridized carbons (Fsp3) is 1.00. The van der Waals surface area contributed by atoms with Crippen molar-refractivity contribution in [2.24, 2.45) is 5.92 Å². The van der Waals surface area contributed by atoms with Gasteiger partial charge >= 0.3 is 0 Å². The Labute approximate surface area is 107 Å². The van der Waals surface area contributed by atoms with E-state index in [0.717, 1.165) is 25.6 Å². The monoisotopic (exact) mass is 239 g/mol. The Morgan fingerprint density at radius 3 is 2.53 bits per heavy atom. The first-order valence-corrected chi connectivity index (χ1v) is 7.69. The average Bonchev–Trinajstić information content (AvgIpc) is 2.22. The van der Waals surface area contributed by atoms with E-state index in [1.165, 1.54) is 57.8 Å². The first-order chi connectivity index (χ1) is 8.35. The van der Waals surface area contributed by atoms with Crippen molar-refractivity contribution in [2.75, 3.05) is 19.7 Å². The van der Waals surface area contributed by atoms with Gasteiger partial charge in [-0.3, -0.25) is 0 Å². The Kier molecular flexibility index (Phi) is 5.30. The molecule has 0 saturated heterocycles. The molecular weight excluding hydrogens is 210 g/mol. The highest BCUT2D eigenvalue weighted by Crippen LogP contribution is 2.39. The minimum atomic E-state index is 0.268. The van der Waals surface area contributed by atoms with Gasteiger partial charge in [0.25, 0.3) is 0 Å². The Bertz CT molecular complexity index is 209. The molecule has 0 unspecified atom stereocenters. The molecule has 0 spiro atoms. The maximum absolute atomic E-state index is 6.21. The van der Waals surface area contributed by atoms with E-state index < -0.39 is 0 Å². The molecule has 2 aliphatic rings. The minimum Gasteiger partial charge on any atom is -0.375 e. The third kappa shape index (κ3) is 3.96. The van der Waals surface area contributed by atoms with Crippen molar-refractivity contribution in [1.82, 2.24) is 5.32 Å². The Hall–Kier alpha value is -0.0800. The quantitative estimate of drug-likeness (QED) is 0.622. The van der Waals surface area contributed by atoms with Crippen LogP contribution in [0.3, 0.4) is 0 Å². The van der Waals surface area contributed by atoms with Crippen LogP contribution in [0.15, 0.2) is 0 Å². The van der Waals surface area contributed by atoms with Crippen LogP contribution >= 0.6 is 0 Å². The van der Waals surface area contributed by atoms with Crippen molar-refractivity contribution in [2.45, 2.75) is 70.3 Å². The second-order valence-corrected chi connectivity index (χ2v) is 5.97. The first-order valence-electron chi connectivity index (χ1n) is 7.69. The van der Waals surface area contributed by atoms with Crippen molar-refractivity contribution in [1.29, 1.82) is 0 Å². The smallest absolute Gasteiger partial charge is 0.0694 e. The van der Waals surface area contributed by atoms with Crippen molar-refractivity contribution < 1.29 is 4.74 Å². The lowest BCUT2D eigenvalue weighted by Gasteiger charge is -2.42. The van der Waals surface area contributed by atoms with Gasteiger partial charge in [-0.05, 0) is 57.5 Å². The number of ether oxygens (including phenoxy) is 1. The zero-order valence-electron chi connectivity index (χ0n) is 11.5. The summed E-state index contributed by atoms with van der Waals surface area (Å²) in [6, 6.07) is 0. The fourth-order valence-electron chi connectivity index (χ4n) is 2.88. The summed E-state index contributed by atoms with van der Waals surface area (Å²) in [6.45, 7) is 5.52. The molecule has 2 rings (SSSR count). The molecule has 2 aliphatic carbocycles. The van der Waals surface area contributed by atoms with Crippen LogP contribution in [0.1, 0.15) is 64.7 Å². The maximum Gasteiger partial charge on any atom is 0.0694 e. The van der Waals surface area contributed by atoms with Gasteiger partial charge in [-0.1, -0.05) is 26.2 Å². The van der Waals surface area contributed by atoms with Gasteiger partial charge in [0, 0.05) is 6.61 Å². The summed E-state index contributed by atoms with van der Waals surface area (Å²) in [7, 11) is 0. The topological polar surface area (TPSA) is 21.3 Å². The second-order valence-electron chi connectivity index (χ2n) is 5.97. The first kappa shape index (κ1) is 13.4. The van der Waals surface area contributed by atoms with E-state index >= 15 is 0 Å². The van der Waals surface area contributed by atoms with Gasteiger partial charge in [0.15, 0.2) is 0 Å². The molecule has 0 aromatic carbocycles. The van der Waals surface area contributed by atoms with Gasteiger partial charge < -0.3 is 10.1 Å². The van der Waals surface area contributed by atoms with E-state index in [9.17, 15) is 0 Å². The third-order valence-electron chi connectivity index (χ3n) is 4.61. The van der Waals surface area contributed by atoms with Crippen LogP contribution in [0.4, 0.5) is 0 Å². The fourth-order valence-corrected chi connectivity index (χ4v) is 2.88. The molecule has 0 aliphatic heterocycles. The number of nitrogens with one attached hydrogen (secondary N) is 1. The minimum absolute atomic E-state index is 0.268. The van der Waals surface area contributed by atoms with E-state index in [0.29, 0.717) is 0 Å². The summed E-state index contributed by atoms with van der Waals surface area (Å²) in [6.07, 6.45) is 12.1. The normalized spacial score (nSPS) is 23.1. The molecule has 0 bridgehead atoms. The van der Waals surface area contributed by atoms with Crippen molar-refractivity contribution in [3.05, 3.63) is 0 Å². The van der Waals surface area contributed by atoms with Crippen LogP contribution in [0.5, 0.6) is 0 Å². The average molecular weight is 239 g/mol. The number of hydrogen-bond donors (Lipinski definition) is 1. The summed E-state index contributed by atoms with van der Waals surface area (Å²) in [5.41, 5.74) is 0.268. The van der Waals surface area contributed by atoms with Crippen LogP contribution in [0.25, 0.3) is 0 Å². The van der Waals surface area contributed by atoms with Gasteiger partial charge in [-0.15, -0.1) is 0 Å². The Morgan fingerprint density at radius 1 is 1.18 bits per heavy atom. The molecule has 0 atom stereocenters. The van der Waals surface area contributed by atoms with Crippen LogP contribution in [0, 0.1) is 5.92 Å². The summed E-state index contributed by atoms with van der Waals surface area (Å²) in [5.74, 6) is 0.991. The standard InChI is InChI=1S/C15H29NO/c1-2-11-16-12-10-15(8-4-9-15)17-13-7-14-5-3-6-14/h14,16H,2-13H2,1H3. The maximum atomic E-state index is 6.21. The molecule has 0 aromatic rings. The predicted octanol–water partition coefficient (Wildman–Crippen LogP) is 3.51. The summed E-state index contributed by atoms with van der Waals surface area (Å²) in [5, 5.41) is 3.50. The summed E-state index contributed by atoms with van der Waals surface area (Å²) >= 11 is 0. The van der Waals surface area contributed by atoms with Gasteiger partial charge in [-0.25, -0.2) is 0 Å². The van der Waals surface area contributed by atoms with E-state index in [1.807, 2.05) is 0 Å². The summed E-state index contributed by atoms with van der Waals surface area (Å²) < 4.78 is 6.21. The number of hydrogen-bond acceptors (Lipinski definition) is 2. The Balaban J connectivity index is 1.56. The van der Waals surface area contributed by atoms with Crippen molar-refractivity contribution in [3.8, 4) is 0 Å². The molecule has 100 valence electrons. The molecular formula is C15H29NO. The number of rotatable bonds is 9. The molecule has 0 amide bonds. The lowest BCUT2D eigenvalue weighted by atomic mass is 9.77. The molecule has 1 N–H and O–H groups in total. The molecule has 2 fully saturated rings. The third-order valence-corrected chi connectivity index (χ3v) is 4.61. The van der Waals surface area contributed by atoms with Gasteiger partial charge in [0.2, 0.25) is 0 Å². The molecule has 0 aromatic heterocycles. The SMILES string of the molecule is CCCNCCC1(OCCC2CCC2)CCC1. The van der Waals surface area contributed by atoms with Crippen LogP contribution in [0.2, 0.25) is 0 Å². The molecule has 2 heteroatoms. The van der Waals surface area contributed by atoms with E-state index in [1.54, 1.807) is 0 Å². The van der Waals surface area contributed by atoms with Gasteiger partial charge in [0.05, 0.1) is 5.60 Å². The molecule has 0 radical (unpaired) electrons. The highest BCUT2D eigenvalue weighted by atomic mass is 16.5. The van der Waals surface area contributed by atoms with E-state index in [2.05, 4.69) is 12.2 Å². The molecule has 2 saturated carbocycles. The molecule has 2 nitrogen and oxygen atoms in total. The second kappa shape index (κ2) is 6.75. The van der Waals surface area contributed by atoms with E-state index in [-0.39, 0.29) is 5.60 Å². The van der Waals surface area contributed by atoms with Crippen molar-refractivity contribution in [3.63, 3.8) is 0 Å². The largest absolute Gasteiger partial charge is 0.375 e. The lowest BCUT2D eigenvalue weighted by molar-refractivity contribution is -0.109. The molecule has 17 heavy (non-hydrogen) atoms. The van der Waals surface area contributed by atoms with Crippen molar-refractivity contribution >= 4 is 0 Å². The van der Waals surface area contributed by atoms with Gasteiger partial charge in [-0.2, -0.15) is 0 Å². The van der Waals surface area contributed by atoms with Crippen LogP contribution in [-0.4, -0.2) is 25.3 Å². The lowest BCUT2D eigenvalue weighted by Crippen LogP contribution is -2.43. The Morgan fingerprint density at radius 2 is 2.00 bits per heavy atom. The summed E-state index contributed by atoms with van der Waals surface area (Å²) in [4.78, 5) is 0. The predicted molar refractivity (Wildman–Crippen MR) is 72.3 cm³/mol. The molecule has 0 heterocycles. The highest BCUT2D eigenvalue weighted by Gasteiger charge is 2.37. The van der Waals surface area contributed by atoms with Crippen LogP contribution in [-0.2, 0) is 4.74 Å².